The summed E-state index contributed by atoms with van der Waals surface area (Å²) in [5, 5.41) is 0.575. The van der Waals surface area contributed by atoms with Crippen molar-refractivity contribution in [1.29, 1.82) is 0 Å². The standard InChI is InChI=1S/C21H24N2O3S/c1-5-11-26-21(25)16(6-2)23-12-22-19-18(20(23)24)17(14(4)27-19)15-9-7-13(3)8-10-15/h7-10,12,16H,5-6,11H2,1-4H3/t16-/m0/s1. The van der Waals surface area contributed by atoms with Gasteiger partial charge in [-0.05, 0) is 32.3 Å². The van der Waals surface area contributed by atoms with Crippen molar-refractivity contribution in [3.8, 4) is 11.1 Å². The molecule has 0 radical (unpaired) electrons. The molecule has 0 N–H and O–H groups in total. The van der Waals surface area contributed by atoms with Crippen LogP contribution in [0.5, 0.6) is 0 Å². The van der Waals surface area contributed by atoms with Crippen molar-refractivity contribution in [1.82, 2.24) is 9.55 Å². The number of aryl methyl sites for hydroxylation is 2. The maximum Gasteiger partial charge on any atom is 0.329 e. The number of rotatable bonds is 6. The molecule has 0 aliphatic carbocycles. The second-order valence-electron chi connectivity index (χ2n) is 6.63. The molecule has 1 aromatic carbocycles. The quantitative estimate of drug-likeness (QED) is 0.581. The molecule has 0 aliphatic heterocycles. The number of hydrogen-bond donors (Lipinski definition) is 0. The summed E-state index contributed by atoms with van der Waals surface area (Å²) in [6.07, 6.45) is 2.69. The monoisotopic (exact) mass is 384 g/mol. The van der Waals surface area contributed by atoms with E-state index in [1.807, 2.05) is 52.0 Å². The van der Waals surface area contributed by atoms with E-state index in [1.165, 1.54) is 22.2 Å². The number of thiophene rings is 1. The normalized spacial score (nSPS) is 12.3. The Morgan fingerprint density at radius 3 is 2.56 bits per heavy atom. The van der Waals surface area contributed by atoms with E-state index >= 15 is 0 Å². The average Bonchev–Trinajstić information content (AvgIpc) is 3.00. The van der Waals surface area contributed by atoms with Crippen molar-refractivity contribution in [2.75, 3.05) is 6.61 Å². The lowest BCUT2D eigenvalue weighted by atomic mass is 10.0. The van der Waals surface area contributed by atoms with Gasteiger partial charge in [0.15, 0.2) is 0 Å². The highest BCUT2D eigenvalue weighted by molar-refractivity contribution is 7.19. The van der Waals surface area contributed by atoms with Gasteiger partial charge < -0.3 is 4.74 Å². The number of nitrogens with zero attached hydrogens (tertiary/aromatic N) is 2. The van der Waals surface area contributed by atoms with Crippen LogP contribution in [0.3, 0.4) is 0 Å². The minimum atomic E-state index is -0.660. The molecule has 0 unspecified atom stereocenters. The van der Waals surface area contributed by atoms with Crippen LogP contribution < -0.4 is 5.56 Å². The number of carbonyl (C=O) groups excluding carboxylic acids is 1. The Balaban J connectivity index is 2.16. The fourth-order valence-corrected chi connectivity index (χ4v) is 4.18. The van der Waals surface area contributed by atoms with Crippen LogP contribution in [0.4, 0.5) is 0 Å². The lowest BCUT2D eigenvalue weighted by molar-refractivity contribution is -0.147. The Kier molecular flexibility index (Phi) is 5.75. The third-order valence-electron chi connectivity index (χ3n) is 4.60. The number of fused-ring (bicyclic) bond motifs is 1. The van der Waals surface area contributed by atoms with Gasteiger partial charge in [0.1, 0.15) is 10.9 Å². The summed E-state index contributed by atoms with van der Waals surface area (Å²) < 4.78 is 6.70. The summed E-state index contributed by atoms with van der Waals surface area (Å²) >= 11 is 1.50. The minimum Gasteiger partial charge on any atom is -0.464 e. The van der Waals surface area contributed by atoms with Gasteiger partial charge in [0.05, 0.1) is 18.3 Å². The largest absolute Gasteiger partial charge is 0.464 e. The Bertz CT molecular complexity index is 1020. The first-order chi connectivity index (χ1) is 13.0. The van der Waals surface area contributed by atoms with E-state index in [1.54, 1.807) is 0 Å². The van der Waals surface area contributed by atoms with Crippen molar-refractivity contribution in [2.45, 2.75) is 46.6 Å². The number of carbonyl (C=O) groups is 1. The van der Waals surface area contributed by atoms with Crippen LogP contribution in [-0.4, -0.2) is 22.1 Å². The van der Waals surface area contributed by atoms with Gasteiger partial charge in [-0.1, -0.05) is 43.7 Å². The number of hydrogen-bond acceptors (Lipinski definition) is 5. The first-order valence-electron chi connectivity index (χ1n) is 9.21. The van der Waals surface area contributed by atoms with Crippen LogP contribution in [0, 0.1) is 13.8 Å². The second kappa shape index (κ2) is 8.05. The molecule has 0 fully saturated rings. The van der Waals surface area contributed by atoms with Crippen LogP contribution >= 0.6 is 11.3 Å². The van der Waals surface area contributed by atoms with Crippen LogP contribution in [0.2, 0.25) is 0 Å². The molecule has 27 heavy (non-hydrogen) atoms. The highest BCUT2D eigenvalue weighted by Crippen LogP contribution is 2.35. The third-order valence-corrected chi connectivity index (χ3v) is 5.61. The molecule has 2 aromatic heterocycles. The molecule has 3 rings (SSSR count). The zero-order valence-electron chi connectivity index (χ0n) is 16.1. The van der Waals surface area contributed by atoms with Gasteiger partial charge in [-0.2, -0.15) is 0 Å². The van der Waals surface area contributed by atoms with E-state index in [9.17, 15) is 9.59 Å². The van der Waals surface area contributed by atoms with Gasteiger partial charge in [-0.3, -0.25) is 9.36 Å². The molecule has 0 bridgehead atoms. The molecule has 0 amide bonds. The number of esters is 1. The van der Waals surface area contributed by atoms with E-state index in [2.05, 4.69) is 4.98 Å². The van der Waals surface area contributed by atoms with Crippen LogP contribution in [0.15, 0.2) is 35.4 Å². The van der Waals surface area contributed by atoms with Gasteiger partial charge in [0.25, 0.3) is 5.56 Å². The fraction of sp³-hybridized carbons (Fsp3) is 0.381. The maximum atomic E-state index is 13.3. The van der Waals surface area contributed by atoms with E-state index < -0.39 is 6.04 Å². The summed E-state index contributed by atoms with van der Waals surface area (Å²) in [4.78, 5) is 31.9. The second-order valence-corrected chi connectivity index (χ2v) is 7.83. The topological polar surface area (TPSA) is 61.2 Å². The molecule has 6 heteroatoms. The predicted molar refractivity (Wildman–Crippen MR) is 109 cm³/mol. The first kappa shape index (κ1) is 19.3. The molecule has 1 atom stereocenters. The number of ether oxygens (including phenoxy) is 1. The molecule has 3 aromatic rings. The lowest BCUT2D eigenvalue weighted by Gasteiger charge is -2.16. The van der Waals surface area contributed by atoms with E-state index in [0.29, 0.717) is 23.2 Å². The van der Waals surface area contributed by atoms with Gasteiger partial charge in [-0.25, -0.2) is 9.78 Å². The minimum absolute atomic E-state index is 0.194. The molecular weight excluding hydrogens is 360 g/mol. The Hall–Kier alpha value is -2.47. The molecule has 5 nitrogen and oxygen atoms in total. The van der Waals surface area contributed by atoms with Crippen molar-refractivity contribution in [3.05, 3.63) is 51.4 Å². The zero-order valence-corrected chi connectivity index (χ0v) is 16.9. The van der Waals surface area contributed by atoms with Crippen molar-refractivity contribution < 1.29 is 9.53 Å². The van der Waals surface area contributed by atoms with Crippen molar-refractivity contribution >= 4 is 27.5 Å². The van der Waals surface area contributed by atoms with Gasteiger partial charge in [0, 0.05) is 10.4 Å². The lowest BCUT2D eigenvalue weighted by Crippen LogP contribution is -2.31. The Morgan fingerprint density at radius 2 is 1.93 bits per heavy atom. The Morgan fingerprint density at radius 1 is 1.22 bits per heavy atom. The SMILES string of the molecule is CCCOC(=O)[C@H](CC)n1cnc2sc(C)c(-c3ccc(C)cc3)c2c1=O. The summed E-state index contributed by atoms with van der Waals surface area (Å²) in [6.45, 7) is 8.19. The van der Waals surface area contributed by atoms with E-state index in [0.717, 1.165) is 28.0 Å². The average molecular weight is 385 g/mol. The summed E-state index contributed by atoms with van der Waals surface area (Å²) in [7, 11) is 0. The molecule has 2 heterocycles. The van der Waals surface area contributed by atoms with Gasteiger partial charge in [0.2, 0.25) is 0 Å². The molecule has 0 saturated carbocycles. The van der Waals surface area contributed by atoms with Crippen LogP contribution in [-0.2, 0) is 9.53 Å². The third kappa shape index (κ3) is 3.67. The molecular formula is C21H24N2O3S. The first-order valence-corrected chi connectivity index (χ1v) is 10.0. The smallest absolute Gasteiger partial charge is 0.329 e. The maximum absolute atomic E-state index is 13.3. The van der Waals surface area contributed by atoms with Gasteiger partial charge in [-0.15, -0.1) is 11.3 Å². The highest BCUT2D eigenvalue weighted by Gasteiger charge is 2.24. The summed E-state index contributed by atoms with van der Waals surface area (Å²) in [6, 6.07) is 7.45. The van der Waals surface area contributed by atoms with Crippen LogP contribution in [0.1, 0.15) is 43.2 Å². The van der Waals surface area contributed by atoms with E-state index in [4.69, 9.17) is 4.74 Å². The number of benzene rings is 1. The predicted octanol–water partition coefficient (Wildman–Crippen LogP) is 4.65. The molecule has 0 aliphatic rings. The fourth-order valence-electron chi connectivity index (χ4n) is 3.18. The Labute approximate surface area is 162 Å². The van der Waals surface area contributed by atoms with Crippen LogP contribution in [0.25, 0.3) is 21.3 Å². The summed E-state index contributed by atoms with van der Waals surface area (Å²) in [5.74, 6) is -0.383. The van der Waals surface area contributed by atoms with Crippen molar-refractivity contribution in [2.24, 2.45) is 0 Å². The van der Waals surface area contributed by atoms with Gasteiger partial charge >= 0.3 is 5.97 Å². The number of aromatic nitrogens is 2. The van der Waals surface area contributed by atoms with Crippen molar-refractivity contribution in [3.63, 3.8) is 0 Å². The zero-order chi connectivity index (χ0) is 19.6. The molecule has 0 saturated heterocycles. The highest BCUT2D eigenvalue weighted by atomic mass is 32.1. The molecule has 142 valence electrons. The molecule has 0 spiro atoms. The summed E-state index contributed by atoms with van der Waals surface area (Å²) in [5.41, 5.74) is 2.86. The van der Waals surface area contributed by atoms with E-state index in [-0.39, 0.29) is 11.5 Å².